The number of anilines is 1. The van der Waals surface area contributed by atoms with Crippen LogP contribution in [0, 0.1) is 0 Å². The van der Waals surface area contributed by atoms with Crippen LogP contribution < -0.4 is 10.0 Å². The number of amides is 1. The molecule has 0 aromatic heterocycles. The maximum absolute atomic E-state index is 11.2. The number of nitrogens with zero attached hydrogens (tertiary/aromatic N) is 1. The van der Waals surface area contributed by atoms with E-state index < -0.39 is 10.0 Å². The summed E-state index contributed by atoms with van der Waals surface area (Å²) in [6.07, 6.45) is 1.16. The molecule has 16 heavy (non-hydrogen) atoms. The van der Waals surface area contributed by atoms with Crippen LogP contribution in [0.3, 0.4) is 0 Å². The molecule has 0 atom stereocenters. The third kappa shape index (κ3) is 3.90. The van der Waals surface area contributed by atoms with Crippen molar-refractivity contribution in [3.63, 3.8) is 0 Å². The Labute approximate surface area is 94.9 Å². The number of para-hydroxylation sites is 1. The average Bonchev–Trinajstić information content (AvgIpc) is 2.18. The van der Waals surface area contributed by atoms with Crippen LogP contribution in [-0.2, 0) is 21.2 Å². The Kier molecular flexibility index (Phi) is 3.89. The Morgan fingerprint density at radius 3 is 2.56 bits per heavy atom. The molecule has 0 bridgehead atoms. The number of rotatable bonds is 4. The minimum Gasteiger partial charge on any atom is -0.283 e. The maximum Gasteiger partial charge on any atom is 0.245 e. The Bertz CT molecular complexity index is 483. The summed E-state index contributed by atoms with van der Waals surface area (Å²) in [5.41, 5.74) is 1.03. The molecule has 1 rings (SSSR count). The summed E-state index contributed by atoms with van der Waals surface area (Å²) in [6.45, 7) is 0. The van der Waals surface area contributed by atoms with E-state index in [1.54, 1.807) is 24.3 Å². The highest BCUT2D eigenvalue weighted by Crippen LogP contribution is 2.16. The second kappa shape index (κ2) is 4.98. The van der Waals surface area contributed by atoms with Crippen LogP contribution in [0.1, 0.15) is 5.56 Å². The van der Waals surface area contributed by atoms with E-state index >= 15 is 0 Å². The number of benzene rings is 1. The van der Waals surface area contributed by atoms with Gasteiger partial charge in [-0.1, -0.05) is 18.2 Å². The van der Waals surface area contributed by atoms with E-state index in [4.69, 9.17) is 0 Å². The SMILES string of the molecule is C[N]C(=O)Cc1ccccc1NS(C)(=O)=O. The van der Waals surface area contributed by atoms with Gasteiger partial charge in [-0.3, -0.25) is 14.8 Å². The fraction of sp³-hybridized carbons (Fsp3) is 0.300. The van der Waals surface area contributed by atoms with Crippen LogP contribution in [0.4, 0.5) is 5.69 Å². The molecular weight excluding hydrogens is 228 g/mol. The van der Waals surface area contributed by atoms with Crippen molar-refractivity contribution in [2.75, 3.05) is 18.0 Å². The van der Waals surface area contributed by atoms with Gasteiger partial charge in [0.15, 0.2) is 0 Å². The van der Waals surface area contributed by atoms with Crippen molar-refractivity contribution >= 4 is 21.6 Å². The third-order valence-electron chi connectivity index (χ3n) is 1.90. The first-order valence-electron chi connectivity index (χ1n) is 4.61. The molecule has 0 aliphatic carbocycles. The number of hydrogen-bond acceptors (Lipinski definition) is 3. The molecule has 1 N–H and O–H groups in total. The summed E-state index contributed by atoms with van der Waals surface area (Å²) in [5.74, 6) is -0.289. The van der Waals surface area contributed by atoms with E-state index in [-0.39, 0.29) is 12.3 Å². The summed E-state index contributed by atoms with van der Waals surface area (Å²) >= 11 is 0. The maximum atomic E-state index is 11.2. The van der Waals surface area contributed by atoms with Gasteiger partial charge in [-0.2, -0.15) is 0 Å². The van der Waals surface area contributed by atoms with Crippen molar-refractivity contribution in [1.29, 1.82) is 0 Å². The van der Waals surface area contributed by atoms with Crippen LogP contribution in [0.25, 0.3) is 0 Å². The smallest absolute Gasteiger partial charge is 0.245 e. The average molecular weight is 241 g/mol. The molecule has 0 saturated carbocycles. The first-order valence-corrected chi connectivity index (χ1v) is 6.50. The van der Waals surface area contributed by atoms with Crippen LogP contribution in [0.2, 0.25) is 0 Å². The van der Waals surface area contributed by atoms with Gasteiger partial charge in [0.05, 0.1) is 18.4 Å². The molecule has 0 heterocycles. The monoisotopic (exact) mass is 241 g/mol. The molecule has 1 aromatic rings. The molecule has 0 saturated heterocycles. The van der Waals surface area contributed by atoms with Gasteiger partial charge in [0.2, 0.25) is 15.9 Å². The number of nitrogens with one attached hydrogen (secondary N) is 1. The highest BCUT2D eigenvalue weighted by atomic mass is 32.2. The summed E-state index contributed by atoms with van der Waals surface area (Å²) in [6, 6.07) is 6.74. The molecule has 1 aromatic carbocycles. The topological polar surface area (TPSA) is 77.3 Å². The summed E-state index contributed by atoms with van der Waals surface area (Å²) in [4.78, 5) is 11.2. The largest absolute Gasteiger partial charge is 0.283 e. The summed E-state index contributed by atoms with van der Waals surface area (Å²) in [7, 11) is -1.92. The van der Waals surface area contributed by atoms with E-state index in [9.17, 15) is 13.2 Å². The van der Waals surface area contributed by atoms with E-state index in [1.807, 2.05) is 0 Å². The summed E-state index contributed by atoms with van der Waals surface area (Å²) < 4.78 is 24.5. The van der Waals surface area contributed by atoms with Gasteiger partial charge < -0.3 is 0 Å². The molecule has 1 radical (unpaired) electrons. The van der Waals surface area contributed by atoms with Gasteiger partial charge in [-0.05, 0) is 11.6 Å². The zero-order valence-electron chi connectivity index (χ0n) is 9.10. The van der Waals surface area contributed by atoms with Crippen molar-refractivity contribution in [3.8, 4) is 0 Å². The van der Waals surface area contributed by atoms with Crippen molar-refractivity contribution in [1.82, 2.24) is 5.32 Å². The minimum absolute atomic E-state index is 0.0925. The Hall–Kier alpha value is -1.56. The molecule has 87 valence electrons. The standard InChI is InChI=1S/C10H13N2O3S/c1-11-10(13)7-8-5-3-4-6-9(8)12-16(2,14)15/h3-6,12H,7H2,1-2H3. The molecule has 0 aliphatic rings. The quantitative estimate of drug-likeness (QED) is 0.826. The predicted octanol–water partition coefficient (Wildman–Crippen LogP) is 0.361. The number of hydrogen-bond donors (Lipinski definition) is 1. The van der Waals surface area contributed by atoms with Gasteiger partial charge in [0.25, 0.3) is 0 Å². The van der Waals surface area contributed by atoms with Crippen molar-refractivity contribution < 1.29 is 13.2 Å². The number of carbonyl (C=O) groups excluding carboxylic acids is 1. The van der Waals surface area contributed by atoms with Gasteiger partial charge in [-0.25, -0.2) is 8.42 Å². The zero-order valence-corrected chi connectivity index (χ0v) is 9.91. The lowest BCUT2D eigenvalue weighted by atomic mass is 10.1. The van der Waals surface area contributed by atoms with Crippen molar-refractivity contribution in [2.45, 2.75) is 6.42 Å². The predicted molar refractivity (Wildman–Crippen MR) is 61.7 cm³/mol. The number of carbonyl (C=O) groups is 1. The van der Waals surface area contributed by atoms with E-state index in [2.05, 4.69) is 10.0 Å². The van der Waals surface area contributed by atoms with E-state index in [1.165, 1.54) is 7.05 Å². The van der Waals surface area contributed by atoms with Crippen molar-refractivity contribution in [2.24, 2.45) is 0 Å². The Morgan fingerprint density at radius 1 is 1.38 bits per heavy atom. The molecule has 1 amide bonds. The molecule has 0 fully saturated rings. The lowest BCUT2D eigenvalue weighted by molar-refractivity contribution is -0.120. The van der Waals surface area contributed by atoms with Gasteiger partial charge >= 0.3 is 0 Å². The first kappa shape index (κ1) is 12.5. The molecule has 0 spiro atoms. The van der Waals surface area contributed by atoms with E-state index in [0.717, 1.165) is 6.26 Å². The second-order valence-corrected chi connectivity index (χ2v) is 5.07. The first-order chi connectivity index (χ1) is 7.42. The van der Waals surface area contributed by atoms with Crippen LogP contribution in [-0.4, -0.2) is 27.6 Å². The van der Waals surface area contributed by atoms with Crippen LogP contribution in [0.5, 0.6) is 0 Å². The lowest BCUT2D eigenvalue weighted by Crippen LogP contribution is -2.16. The Balaban J connectivity index is 2.96. The third-order valence-corrected chi connectivity index (χ3v) is 2.49. The second-order valence-electron chi connectivity index (χ2n) is 3.33. The molecule has 0 unspecified atom stereocenters. The minimum atomic E-state index is -3.33. The fourth-order valence-corrected chi connectivity index (χ4v) is 1.81. The molecular formula is C10H13N2O3S. The normalized spacial score (nSPS) is 10.9. The number of sulfonamides is 1. The van der Waals surface area contributed by atoms with Gasteiger partial charge in [0.1, 0.15) is 0 Å². The van der Waals surface area contributed by atoms with E-state index in [0.29, 0.717) is 11.3 Å². The van der Waals surface area contributed by atoms with Crippen molar-refractivity contribution in [3.05, 3.63) is 29.8 Å². The summed E-state index contributed by atoms with van der Waals surface area (Å²) in [5, 5.41) is 3.51. The molecule has 5 nitrogen and oxygen atoms in total. The van der Waals surface area contributed by atoms with Crippen LogP contribution in [0.15, 0.2) is 24.3 Å². The lowest BCUT2D eigenvalue weighted by Gasteiger charge is -2.09. The number of likely N-dealkylation sites (N-methyl/N-ethyl adjacent to an activating group) is 1. The zero-order chi connectivity index (χ0) is 12.2. The van der Waals surface area contributed by atoms with Crippen LogP contribution >= 0.6 is 0 Å². The highest BCUT2D eigenvalue weighted by Gasteiger charge is 2.09. The fourth-order valence-electron chi connectivity index (χ4n) is 1.22. The van der Waals surface area contributed by atoms with Gasteiger partial charge in [-0.15, -0.1) is 0 Å². The Morgan fingerprint density at radius 2 is 2.00 bits per heavy atom. The molecule has 6 heteroatoms. The highest BCUT2D eigenvalue weighted by molar-refractivity contribution is 7.92. The molecule has 0 aliphatic heterocycles. The van der Waals surface area contributed by atoms with Gasteiger partial charge in [0, 0.05) is 7.05 Å².